The molecule has 3 heterocycles. The molecule has 114 valence electrons. The Morgan fingerprint density at radius 1 is 1.09 bits per heavy atom. The van der Waals surface area contributed by atoms with Gasteiger partial charge in [0.2, 0.25) is 11.8 Å². The molecule has 0 N–H and O–H groups in total. The standard InChI is InChI=1S/C18H16N4O/c1-11-3-5-13(6-4-11)18-22-21-17(23-18)9-15-8-14-7-12(2)19-10-16(14)20-15/h3-7,10H,8-9H2,1-2H3. The molecule has 0 aliphatic carbocycles. The van der Waals surface area contributed by atoms with Crippen LogP contribution in [0.15, 0.2) is 45.9 Å². The fourth-order valence-electron chi connectivity index (χ4n) is 2.70. The first-order valence-corrected chi connectivity index (χ1v) is 7.59. The van der Waals surface area contributed by atoms with Gasteiger partial charge in [0.15, 0.2) is 0 Å². The number of rotatable bonds is 3. The van der Waals surface area contributed by atoms with Crippen molar-refractivity contribution in [2.75, 3.05) is 0 Å². The lowest BCUT2D eigenvalue weighted by Gasteiger charge is -1.97. The Labute approximate surface area is 134 Å². The second kappa shape index (κ2) is 5.43. The molecule has 0 atom stereocenters. The van der Waals surface area contributed by atoms with E-state index >= 15 is 0 Å². The highest BCUT2D eigenvalue weighted by Crippen LogP contribution is 2.27. The molecule has 0 unspecified atom stereocenters. The number of pyridine rings is 1. The molecule has 0 amide bonds. The van der Waals surface area contributed by atoms with Crippen molar-refractivity contribution >= 4 is 11.4 Å². The van der Waals surface area contributed by atoms with Crippen molar-refractivity contribution in [3.8, 4) is 11.5 Å². The quantitative estimate of drug-likeness (QED) is 0.741. The molecule has 0 radical (unpaired) electrons. The average Bonchev–Trinajstić information content (AvgIpc) is 3.14. The van der Waals surface area contributed by atoms with E-state index in [0.717, 1.165) is 29.1 Å². The average molecular weight is 304 g/mol. The summed E-state index contributed by atoms with van der Waals surface area (Å²) in [6, 6.07) is 10.1. The number of hydrogen-bond acceptors (Lipinski definition) is 5. The molecule has 5 heteroatoms. The molecule has 0 saturated carbocycles. The maximum absolute atomic E-state index is 5.78. The largest absolute Gasteiger partial charge is 0.420 e. The van der Waals surface area contributed by atoms with Crippen molar-refractivity contribution in [2.24, 2.45) is 4.99 Å². The van der Waals surface area contributed by atoms with E-state index in [1.807, 2.05) is 37.4 Å². The Kier molecular flexibility index (Phi) is 3.26. The lowest BCUT2D eigenvalue weighted by atomic mass is 10.1. The maximum atomic E-state index is 5.78. The molecular formula is C18H16N4O. The smallest absolute Gasteiger partial charge is 0.247 e. The zero-order valence-corrected chi connectivity index (χ0v) is 13.1. The second-order valence-electron chi connectivity index (χ2n) is 5.85. The van der Waals surface area contributed by atoms with Crippen LogP contribution in [0.3, 0.4) is 0 Å². The van der Waals surface area contributed by atoms with Crippen molar-refractivity contribution in [3.63, 3.8) is 0 Å². The Bertz CT molecular complexity index is 894. The van der Waals surface area contributed by atoms with Crippen LogP contribution < -0.4 is 0 Å². The van der Waals surface area contributed by atoms with Crippen LogP contribution >= 0.6 is 0 Å². The van der Waals surface area contributed by atoms with Crippen molar-refractivity contribution in [3.05, 3.63) is 59.2 Å². The van der Waals surface area contributed by atoms with Gasteiger partial charge in [0.1, 0.15) is 0 Å². The fraction of sp³-hybridized carbons (Fsp3) is 0.222. The molecular weight excluding hydrogens is 288 g/mol. The molecule has 0 bridgehead atoms. The van der Waals surface area contributed by atoms with E-state index in [2.05, 4.69) is 33.2 Å². The highest BCUT2D eigenvalue weighted by molar-refractivity contribution is 5.94. The number of hydrogen-bond donors (Lipinski definition) is 0. The van der Waals surface area contributed by atoms with Crippen LogP contribution in [0.5, 0.6) is 0 Å². The second-order valence-corrected chi connectivity index (χ2v) is 5.85. The third kappa shape index (κ3) is 2.77. The zero-order chi connectivity index (χ0) is 15.8. The maximum Gasteiger partial charge on any atom is 0.247 e. The number of aromatic nitrogens is 3. The number of benzene rings is 1. The molecule has 23 heavy (non-hydrogen) atoms. The monoisotopic (exact) mass is 304 g/mol. The fourth-order valence-corrected chi connectivity index (χ4v) is 2.70. The summed E-state index contributed by atoms with van der Waals surface area (Å²) in [5.41, 5.74) is 6.35. The topological polar surface area (TPSA) is 64.2 Å². The van der Waals surface area contributed by atoms with E-state index in [0.29, 0.717) is 18.2 Å². The first-order chi connectivity index (χ1) is 11.2. The van der Waals surface area contributed by atoms with Gasteiger partial charge in [-0.25, -0.2) is 0 Å². The molecule has 2 aromatic heterocycles. The number of aryl methyl sites for hydroxylation is 2. The summed E-state index contributed by atoms with van der Waals surface area (Å²) in [4.78, 5) is 8.89. The lowest BCUT2D eigenvalue weighted by Crippen LogP contribution is -2.03. The molecule has 0 fully saturated rings. The van der Waals surface area contributed by atoms with Crippen LogP contribution in [-0.2, 0) is 12.8 Å². The minimum atomic E-state index is 0.550. The third-order valence-corrected chi connectivity index (χ3v) is 3.90. The van der Waals surface area contributed by atoms with Crippen LogP contribution in [0.2, 0.25) is 0 Å². The molecule has 1 aliphatic rings. The molecule has 5 nitrogen and oxygen atoms in total. The first kappa shape index (κ1) is 13.8. The molecule has 0 saturated heterocycles. The summed E-state index contributed by atoms with van der Waals surface area (Å²) in [6.07, 6.45) is 3.22. The van der Waals surface area contributed by atoms with Gasteiger partial charge >= 0.3 is 0 Å². The molecule has 3 aromatic rings. The zero-order valence-electron chi connectivity index (χ0n) is 13.1. The summed E-state index contributed by atoms with van der Waals surface area (Å²) in [5, 5.41) is 8.28. The minimum Gasteiger partial charge on any atom is -0.420 e. The van der Waals surface area contributed by atoms with Gasteiger partial charge in [0.05, 0.1) is 18.3 Å². The number of aliphatic imine (C=N–C) groups is 1. The van der Waals surface area contributed by atoms with Gasteiger partial charge in [0, 0.05) is 23.4 Å². The van der Waals surface area contributed by atoms with Crippen LogP contribution in [0.1, 0.15) is 22.7 Å². The van der Waals surface area contributed by atoms with Gasteiger partial charge in [-0.05, 0) is 37.6 Å². The van der Waals surface area contributed by atoms with E-state index in [-0.39, 0.29) is 0 Å². The molecule has 1 aromatic carbocycles. The van der Waals surface area contributed by atoms with E-state index in [1.165, 1.54) is 11.1 Å². The van der Waals surface area contributed by atoms with Gasteiger partial charge in [-0.3, -0.25) is 9.98 Å². The Balaban J connectivity index is 1.52. The predicted octanol–water partition coefficient (Wildman–Crippen LogP) is 3.62. The predicted molar refractivity (Wildman–Crippen MR) is 87.9 cm³/mol. The summed E-state index contributed by atoms with van der Waals surface area (Å²) < 4.78 is 5.78. The molecule has 0 spiro atoms. The van der Waals surface area contributed by atoms with Crippen molar-refractivity contribution in [1.82, 2.24) is 15.2 Å². The van der Waals surface area contributed by atoms with Gasteiger partial charge in [-0.15, -0.1) is 10.2 Å². The molecule has 4 rings (SSSR count). The first-order valence-electron chi connectivity index (χ1n) is 7.59. The normalized spacial score (nSPS) is 13.0. The van der Waals surface area contributed by atoms with E-state index in [9.17, 15) is 0 Å². The summed E-state index contributed by atoms with van der Waals surface area (Å²) in [7, 11) is 0. The van der Waals surface area contributed by atoms with E-state index in [1.54, 1.807) is 0 Å². The van der Waals surface area contributed by atoms with E-state index in [4.69, 9.17) is 4.42 Å². The Morgan fingerprint density at radius 3 is 2.74 bits per heavy atom. The highest BCUT2D eigenvalue weighted by atomic mass is 16.4. The lowest BCUT2D eigenvalue weighted by molar-refractivity contribution is 0.524. The van der Waals surface area contributed by atoms with Crippen molar-refractivity contribution in [1.29, 1.82) is 0 Å². The SMILES string of the molecule is Cc1ccc(-c2nnc(CC3=Nc4cnc(C)cc4C3)o2)cc1. The van der Waals surface area contributed by atoms with Crippen molar-refractivity contribution < 1.29 is 4.42 Å². The van der Waals surface area contributed by atoms with Gasteiger partial charge in [-0.2, -0.15) is 0 Å². The van der Waals surface area contributed by atoms with E-state index < -0.39 is 0 Å². The number of fused-ring (bicyclic) bond motifs is 1. The van der Waals surface area contributed by atoms with Gasteiger partial charge in [0.25, 0.3) is 0 Å². The van der Waals surface area contributed by atoms with Crippen LogP contribution in [-0.4, -0.2) is 20.9 Å². The van der Waals surface area contributed by atoms with Crippen LogP contribution in [0, 0.1) is 13.8 Å². The summed E-state index contributed by atoms with van der Waals surface area (Å²) in [5.74, 6) is 1.14. The Hall–Kier alpha value is -2.82. The number of nitrogens with zero attached hydrogens (tertiary/aromatic N) is 4. The summed E-state index contributed by atoms with van der Waals surface area (Å²) >= 11 is 0. The van der Waals surface area contributed by atoms with Crippen LogP contribution in [0.4, 0.5) is 5.69 Å². The highest BCUT2D eigenvalue weighted by Gasteiger charge is 2.18. The summed E-state index contributed by atoms with van der Waals surface area (Å²) in [6.45, 7) is 4.04. The third-order valence-electron chi connectivity index (χ3n) is 3.90. The van der Waals surface area contributed by atoms with Crippen molar-refractivity contribution in [2.45, 2.75) is 26.7 Å². The Morgan fingerprint density at radius 2 is 1.91 bits per heavy atom. The minimum absolute atomic E-state index is 0.550. The van der Waals surface area contributed by atoms with Gasteiger partial charge in [-0.1, -0.05) is 17.7 Å². The van der Waals surface area contributed by atoms with Crippen LogP contribution in [0.25, 0.3) is 11.5 Å². The molecule has 1 aliphatic heterocycles. The van der Waals surface area contributed by atoms with Gasteiger partial charge < -0.3 is 4.42 Å².